The second-order valence-electron chi connectivity index (χ2n) is 7.53. The summed E-state index contributed by atoms with van der Waals surface area (Å²) in [5.41, 5.74) is 2.39. The summed E-state index contributed by atoms with van der Waals surface area (Å²) in [7, 11) is 0. The second kappa shape index (κ2) is 10.2. The number of aromatic amines is 1. The Balaban J connectivity index is 1.76. The first-order valence-electron chi connectivity index (χ1n) is 10.3. The quantitative estimate of drug-likeness (QED) is 0.205. The fourth-order valence-corrected chi connectivity index (χ4v) is 3.56. The molecule has 4 aromatic rings. The highest BCUT2D eigenvalue weighted by molar-refractivity contribution is 6.31. The van der Waals surface area contributed by atoms with Gasteiger partial charge in [-0.25, -0.2) is 10.4 Å². The SMILES string of the molecule is O=C(Cc1ccccc1)N/N=C(\c1nc2ccc(Cl)cc2[nH]c1=O)[C@H](O)c1cccc([N+](=O)[O-])c1. The van der Waals surface area contributed by atoms with E-state index in [4.69, 9.17) is 11.6 Å². The number of halogens is 1. The fourth-order valence-electron chi connectivity index (χ4n) is 3.39. The highest BCUT2D eigenvalue weighted by Crippen LogP contribution is 2.23. The maximum atomic E-state index is 12.9. The number of hydrogen-bond donors (Lipinski definition) is 3. The molecule has 0 radical (unpaired) electrons. The highest BCUT2D eigenvalue weighted by atomic mass is 35.5. The van der Waals surface area contributed by atoms with Crippen LogP contribution < -0.4 is 11.0 Å². The second-order valence-corrected chi connectivity index (χ2v) is 7.96. The predicted molar refractivity (Wildman–Crippen MR) is 130 cm³/mol. The van der Waals surface area contributed by atoms with Crippen molar-refractivity contribution in [3.8, 4) is 0 Å². The van der Waals surface area contributed by atoms with Crippen molar-refractivity contribution in [2.24, 2.45) is 5.10 Å². The maximum Gasteiger partial charge on any atom is 0.276 e. The standard InChI is InChI=1S/C24H18ClN5O5/c25-16-9-10-18-19(13-16)27-24(33)22(26-18)21(23(32)15-7-4-8-17(12-15)30(34)35)29-28-20(31)11-14-5-2-1-3-6-14/h1-10,12-13,23,32H,11H2,(H,27,33)(H,28,31)/b29-21+/t23-/m1/s1. The van der Waals surface area contributed by atoms with Crippen molar-refractivity contribution in [3.63, 3.8) is 0 Å². The first-order chi connectivity index (χ1) is 16.8. The molecule has 0 saturated heterocycles. The third kappa shape index (κ3) is 5.57. The van der Waals surface area contributed by atoms with Gasteiger partial charge in [-0.05, 0) is 29.3 Å². The van der Waals surface area contributed by atoms with Crippen LogP contribution in [-0.4, -0.2) is 31.6 Å². The first kappa shape index (κ1) is 23.7. The van der Waals surface area contributed by atoms with Gasteiger partial charge < -0.3 is 10.1 Å². The van der Waals surface area contributed by atoms with E-state index in [9.17, 15) is 24.8 Å². The number of nitrogens with one attached hydrogen (secondary N) is 2. The molecule has 1 atom stereocenters. The Hall–Kier alpha value is -4.41. The largest absolute Gasteiger partial charge is 0.382 e. The Morgan fingerprint density at radius 1 is 1.14 bits per heavy atom. The highest BCUT2D eigenvalue weighted by Gasteiger charge is 2.24. The molecule has 35 heavy (non-hydrogen) atoms. The van der Waals surface area contributed by atoms with Crippen molar-refractivity contribution in [1.29, 1.82) is 0 Å². The zero-order valence-corrected chi connectivity index (χ0v) is 18.8. The molecule has 0 aliphatic heterocycles. The topological polar surface area (TPSA) is 151 Å². The van der Waals surface area contributed by atoms with E-state index in [1.807, 2.05) is 6.07 Å². The van der Waals surface area contributed by atoms with Gasteiger partial charge in [-0.3, -0.25) is 19.7 Å². The summed E-state index contributed by atoms with van der Waals surface area (Å²) in [5.74, 6) is -0.496. The molecule has 11 heteroatoms. The Morgan fingerprint density at radius 3 is 2.66 bits per heavy atom. The number of nitro groups is 1. The summed E-state index contributed by atoms with van der Waals surface area (Å²) in [5, 5.41) is 26.7. The number of fused-ring (bicyclic) bond motifs is 1. The molecule has 3 aromatic carbocycles. The van der Waals surface area contributed by atoms with Crippen LogP contribution in [0.5, 0.6) is 0 Å². The molecule has 0 aliphatic carbocycles. The minimum atomic E-state index is -1.61. The van der Waals surface area contributed by atoms with Crippen molar-refractivity contribution >= 4 is 39.9 Å². The number of benzene rings is 3. The molecule has 0 bridgehead atoms. The van der Waals surface area contributed by atoms with Gasteiger partial charge in [-0.2, -0.15) is 5.10 Å². The average molecular weight is 492 g/mol. The van der Waals surface area contributed by atoms with E-state index in [2.05, 4.69) is 20.5 Å². The number of nitro benzene ring substituents is 1. The number of aromatic nitrogens is 2. The van der Waals surface area contributed by atoms with Crippen LogP contribution in [-0.2, 0) is 11.2 Å². The van der Waals surface area contributed by atoms with Crippen molar-refractivity contribution in [2.75, 3.05) is 0 Å². The van der Waals surface area contributed by atoms with Gasteiger partial charge in [0.25, 0.3) is 11.2 Å². The van der Waals surface area contributed by atoms with Gasteiger partial charge >= 0.3 is 0 Å². The van der Waals surface area contributed by atoms with Gasteiger partial charge in [-0.1, -0.05) is 54.1 Å². The monoisotopic (exact) mass is 491 g/mol. The van der Waals surface area contributed by atoms with Crippen LogP contribution in [0.3, 0.4) is 0 Å². The van der Waals surface area contributed by atoms with E-state index in [1.54, 1.807) is 36.4 Å². The Kier molecular flexibility index (Phi) is 6.95. The fraction of sp³-hybridized carbons (Fsp3) is 0.0833. The predicted octanol–water partition coefficient (Wildman–Crippen LogP) is 3.28. The van der Waals surface area contributed by atoms with Crippen LogP contribution in [0.25, 0.3) is 11.0 Å². The maximum absolute atomic E-state index is 12.9. The van der Waals surface area contributed by atoms with Crippen LogP contribution in [0.2, 0.25) is 5.02 Å². The van der Waals surface area contributed by atoms with Crippen molar-refractivity contribution in [2.45, 2.75) is 12.5 Å². The number of hydrazone groups is 1. The average Bonchev–Trinajstić information content (AvgIpc) is 2.85. The molecule has 1 heterocycles. The molecule has 10 nitrogen and oxygen atoms in total. The van der Waals surface area contributed by atoms with Crippen LogP contribution in [0.1, 0.15) is 22.9 Å². The molecule has 1 aromatic heterocycles. The summed E-state index contributed by atoms with van der Waals surface area (Å²) in [6.07, 6.45) is -1.60. The van der Waals surface area contributed by atoms with Crippen LogP contribution in [0.15, 0.2) is 82.7 Å². The number of H-pyrrole nitrogens is 1. The smallest absolute Gasteiger partial charge is 0.276 e. The molecule has 1 amide bonds. The molecular weight excluding hydrogens is 474 g/mol. The van der Waals surface area contributed by atoms with Gasteiger partial charge in [0.15, 0.2) is 5.69 Å². The molecule has 0 aliphatic rings. The summed E-state index contributed by atoms with van der Waals surface area (Å²) in [6.45, 7) is 0. The number of carbonyl (C=O) groups is 1. The zero-order valence-electron chi connectivity index (χ0n) is 18.0. The molecule has 0 saturated carbocycles. The molecule has 0 unspecified atom stereocenters. The lowest BCUT2D eigenvalue weighted by Gasteiger charge is -2.14. The number of non-ortho nitro benzene ring substituents is 1. The van der Waals surface area contributed by atoms with Crippen molar-refractivity contribution in [3.05, 3.63) is 115 Å². The number of amides is 1. The van der Waals surface area contributed by atoms with Crippen LogP contribution in [0, 0.1) is 10.1 Å². The lowest BCUT2D eigenvalue weighted by Crippen LogP contribution is -2.29. The van der Waals surface area contributed by atoms with Crippen LogP contribution in [0.4, 0.5) is 5.69 Å². The van der Waals surface area contributed by atoms with Gasteiger partial charge in [-0.15, -0.1) is 0 Å². The van der Waals surface area contributed by atoms with E-state index < -0.39 is 22.5 Å². The van der Waals surface area contributed by atoms with E-state index in [0.29, 0.717) is 16.1 Å². The first-order valence-corrected chi connectivity index (χ1v) is 10.7. The summed E-state index contributed by atoms with van der Waals surface area (Å²) in [4.78, 5) is 42.8. The normalized spacial score (nSPS) is 12.3. The molecule has 0 fully saturated rings. The lowest BCUT2D eigenvalue weighted by molar-refractivity contribution is -0.385. The third-order valence-electron chi connectivity index (χ3n) is 5.06. The minimum Gasteiger partial charge on any atom is -0.382 e. The summed E-state index contributed by atoms with van der Waals surface area (Å²) in [6, 6.07) is 18.8. The molecule has 4 rings (SSSR count). The molecule has 176 valence electrons. The third-order valence-corrected chi connectivity index (χ3v) is 5.30. The molecular formula is C24H18ClN5O5. The molecule has 0 spiro atoms. The Morgan fingerprint density at radius 2 is 1.91 bits per heavy atom. The van der Waals surface area contributed by atoms with E-state index >= 15 is 0 Å². The zero-order chi connectivity index (χ0) is 24.9. The molecule has 3 N–H and O–H groups in total. The van der Waals surface area contributed by atoms with Crippen molar-refractivity contribution in [1.82, 2.24) is 15.4 Å². The minimum absolute atomic E-state index is 0.00449. The number of nitrogens with zero attached hydrogens (tertiary/aromatic N) is 3. The van der Waals surface area contributed by atoms with Crippen LogP contribution >= 0.6 is 11.6 Å². The van der Waals surface area contributed by atoms with Gasteiger partial charge in [0.1, 0.15) is 11.8 Å². The number of aliphatic hydroxyl groups excluding tert-OH is 1. The number of rotatable bonds is 7. The van der Waals surface area contributed by atoms with E-state index in [-0.39, 0.29) is 29.1 Å². The number of carbonyl (C=O) groups excluding carboxylic acids is 1. The number of hydrogen-bond acceptors (Lipinski definition) is 7. The number of aliphatic hydroxyl groups is 1. The van der Waals surface area contributed by atoms with Gasteiger partial charge in [0.05, 0.1) is 22.4 Å². The van der Waals surface area contributed by atoms with Crippen molar-refractivity contribution < 1.29 is 14.8 Å². The van der Waals surface area contributed by atoms with Gasteiger partial charge in [0.2, 0.25) is 5.91 Å². The Labute approximate surface area is 203 Å². The Bertz CT molecular complexity index is 1500. The summed E-state index contributed by atoms with van der Waals surface area (Å²) >= 11 is 5.98. The van der Waals surface area contributed by atoms with Gasteiger partial charge in [0, 0.05) is 17.2 Å². The van der Waals surface area contributed by atoms with E-state index in [1.165, 1.54) is 24.3 Å². The lowest BCUT2D eigenvalue weighted by atomic mass is 10.0. The summed E-state index contributed by atoms with van der Waals surface area (Å²) < 4.78 is 0. The van der Waals surface area contributed by atoms with E-state index in [0.717, 1.165) is 11.6 Å².